The number of hydrogen-bond acceptors (Lipinski definition) is 3. The quantitative estimate of drug-likeness (QED) is 0.858. The van der Waals surface area contributed by atoms with Gasteiger partial charge in [0.2, 0.25) is 0 Å². The Morgan fingerprint density at radius 3 is 2.68 bits per heavy atom. The first-order valence-corrected chi connectivity index (χ1v) is 6.29. The summed E-state index contributed by atoms with van der Waals surface area (Å²) in [5, 5.41) is 19.2. The first-order valence-electron chi connectivity index (χ1n) is 6.29. The molecule has 0 aliphatic carbocycles. The molecule has 19 heavy (non-hydrogen) atoms. The number of likely N-dealkylation sites (tertiary alicyclic amines) is 1. The van der Waals surface area contributed by atoms with E-state index in [0.29, 0.717) is 13.1 Å². The molecule has 104 valence electrons. The molecule has 0 bridgehead atoms. The molecule has 4 nitrogen and oxygen atoms in total. The smallest absolute Gasteiger partial charge is 0.254 e. The number of halogens is 1. The maximum Gasteiger partial charge on any atom is 0.254 e. The van der Waals surface area contributed by atoms with Gasteiger partial charge in [0.25, 0.3) is 5.91 Å². The third kappa shape index (κ3) is 2.87. The third-order valence-corrected chi connectivity index (χ3v) is 3.67. The zero-order valence-corrected chi connectivity index (χ0v) is 11.1. The second-order valence-corrected chi connectivity index (χ2v) is 5.56. The molecule has 2 N–H and O–H groups in total. The van der Waals surface area contributed by atoms with E-state index in [2.05, 4.69) is 0 Å². The summed E-state index contributed by atoms with van der Waals surface area (Å²) in [6.07, 6.45) is 0.739. The predicted octanol–water partition coefficient (Wildman–Crippen LogP) is 1.76. The topological polar surface area (TPSA) is 60.8 Å². The van der Waals surface area contributed by atoms with Gasteiger partial charge in [-0.1, -0.05) is 0 Å². The summed E-state index contributed by atoms with van der Waals surface area (Å²) in [5.41, 5.74) is -0.560. The Balaban J connectivity index is 2.11. The fraction of sp³-hybridized carbons (Fsp3) is 0.500. The van der Waals surface area contributed by atoms with E-state index in [9.17, 15) is 19.4 Å². The molecule has 0 spiro atoms. The van der Waals surface area contributed by atoms with Gasteiger partial charge in [-0.05, 0) is 38.5 Å². The number of rotatable bonds is 2. The summed E-state index contributed by atoms with van der Waals surface area (Å²) in [6, 6.07) is 3.57. The van der Waals surface area contributed by atoms with Crippen molar-refractivity contribution >= 4 is 5.91 Å². The van der Waals surface area contributed by atoms with Gasteiger partial charge >= 0.3 is 0 Å². The number of amides is 1. The number of hydrogen-bond donors (Lipinski definition) is 2. The van der Waals surface area contributed by atoms with E-state index in [-0.39, 0.29) is 17.4 Å². The van der Waals surface area contributed by atoms with Crippen molar-refractivity contribution in [2.24, 2.45) is 5.92 Å². The van der Waals surface area contributed by atoms with Crippen LogP contribution in [0.25, 0.3) is 0 Å². The lowest BCUT2D eigenvalue weighted by Gasteiger charge is -2.25. The highest BCUT2D eigenvalue weighted by Crippen LogP contribution is 2.28. The molecule has 1 amide bonds. The summed E-state index contributed by atoms with van der Waals surface area (Å²) >= 11 is 0. The Kier molecular flexibility index (Phi) is 3.49. The molecule has 1 unspecified atom stereocenters. The van der Waals surface area contributed by atoms with Crippen molar-refractivity contribution in [3.05, 3.63) is 29.6 Å². The molecule has 0 aromatic heterocycles. The molecule has 0 radical (unpaired) electrons. The Morgan fingerprint density at radius 1 is 1.47 bits per heavy atom. The number of phenols is 1. The molecular weight excluding hydrogens is 249 g/mol. The number of carbonyl (C=O) groups excluding carboxylic acids is 1. The van der Waals surface area contributed by atoms with Gasteiger partial charge in [-0.15, -0.1) is 0 Å². The Hall–Kier alpha value is -1.62. The molecule has 1 heterocycles. The van der Waals surface area contributed by atoms with Crippen molar-refractivity contribution in [1.29, 1.82) is 0 Å². The average molecular weight is 267 g/mol. The van der Waals surface area contributed by atoms with E-state index >= 15 is 0 Å². The summed E-state index contributed by atoms with van der Waals surface area (Å²) in [5.74, 6) is -1.48. The standard InChI is InChI=1S/C14H18FNO3/c1-14(2,19)10-5-6-16(8-10)13(18)9-3-4-11(15)12(17)7-9/h3-4,7,10,17,19H,5-6,8H2,1-2H3. The molecular formula is C14H18FNO3. The van der Waals surface area contributed by atoms with Crippen LogP contribution in [0.2, 0.25) is 0 Å². The predicted molar refractivity (Wildman–Crippen MR) is 68.4 cm³/mol. The van der Waals surface area contributed by atoms with Gasteiger partial charge in [0.15, 0.2) is 11.6 Å². The monoisotopic (exact) mass is 267 g/mol. The van der Waals surface area contributed by atoms with E-state index in [1.807, 2.05) is 0 Å². The number of benzene rings is 1. The lowest BCUT2D eigenvalue weighted by molar-refractivity contribution is 0.0211. The molecule has 1 aliphatic heterocycles. The van der Waals surface area contributed by atoms with Crippen LogP contribution >= 0.6 is 0 Å². The maximum absolute atomic E-state index is 12.9. The van der Waals surface area contributed by atoms with Gasteiger partial charge in [-0.3, -0.25) is 4.79 Å². The minimum absolute atomic E-state index is 0.0329. The average Bonchev–Trinajstić information content (AvgIpc) is 2.81. The van der Waals surface area contributed by atoms with Crippen LogP contribution in [0.1, 0.15) is 30.6 Å². The van der Waals surface area contributed by atoms with Gasteiger partial charge < -0.3 is 15.1 Å². The van der Waals surface area contributed by atoms with Gasteiger partial charge in [0.05, 0.1) is 5.60 Å². The van der Waals surface area contributed by atoms with Crippen molar-refractivity contribution < 1.29 is 19.4 Å². The summed E-state index contributed by atoms with van der Waals surface area (Å²) in [6.45, 7) is 4.50. The summed E-state index contributed by atoms with van der Waals surface area (Å²) in [7, 11) is 0. The number of aromatic hydroxyl groups is 1. The van der Waals surface area contributed by atoms with Crippen LogP contribution in [-0.2, 0) is 0 Å². The van der Waals surface area contributed by atoms with Gasteiger partial charge in [-0.25, -0.2) is 4.39 Å². The van der Waals surface area contributed by atoms with Crippen LogP contribution in [0.5, 0.6) is 5.75 Å². The number of phenolic OH excluding ortho intramolecular Hbond substituents is 1. The highest BCUT2D eigenvalue weighted by molar-refractivity contribution is 5.94. The fourth-order valence-corrected chi connectivity index (χ4v) is 2.35. The molecule has 1 saturated heterocycles. The molecule has 1 fully saturated rings. The third-order valence-electron chi connectivity index (χ3n) is 3.67. The molecule has 2 rings (SSSR count). The number of aliphatic hydroxyl groups is 1. The van der Waals surface area contributed by atoms with Crippen LogP contribution in [0.15, 0.2) is 18.2 Å². The molecule has 0 saturated carbocycles. The Labute approximate surface area is 111 Å². The number of carbonyl (C=O) groups is 1. The van der Waals surface area contributed by atoms with Crippen molar-refractivity contribution in [3.63, 3.8) is 0 Å². The molecule has 1 aromatic carbocycles. The minimum Gasteiger partial charge on any atom is -0.505 e. The van der Waals surface area contributed by atoms with Crippen LogP contribution in [0, 0.1) is 11.7 Å². The van der Waals surface area contributed by atoms with E-state index in [0.717, 1.165) is 18.6 Å². The van der Waals surface area contributed by atoms with Crippen molar-refractivity contribution in [2.75, 3.05) is 13.1 Å². The highest BCUT2D eigenvalue weighted by Gasteiger charge is 2.35. The second-order valence-electron chi connectivity index (χ2n) is 5.56. The summed E-state index contributed by atoms with van der Waals surface area (Å²) < 4.78 is 12.9. The minimum atomic E-state index is -0.819. The first kappa shape index (κ1) is 13.8. The van der Waals surface area contributed by atoms with Gasteiger partial charge in [0, 0.05) is 24.6 Å². The fourth-order valence-electron chi connectivity index (χ4n) is 2.35. The lowest BCUT2D eigenvalue weighted by atomic mass is 9.90. The van der Waals surface area contributed by atoms with E-state index in [4.69, 9.17) is 0 Å². The number of nitrogens with zero attached hydrogens (tertiary/aromatic N) is 1. The summed E-state index contributed by atoms with van der Waals surface area (Å²) in [4.78, 5) is 13.8. The molecule has 1 atom stereocenters. The maximum atomic E-state index is 12.9. The zero-order valence-electron chi connectivity index (χ0n) is 11.1. The van der Waals surface area contributed by atoms with Crippen molar-refractivity contribution in [2.45, 2.75) is 25.9 Å². The normalized spacial score (nSPS) is 19.8. The van der Waals surface area contributed by atoms with Crippen molar-refractivity contribution in [1.82, 2.24) is 4.90 Å². The van der Waals surface area contributed by atoms with E-state index in [1.54, 1.807) is 18.7 Å². The molecule has 1 aliphatic rings. The van der Waals surface area contributed by atoms with E-state index in [1.165, 1.54) is 6.07 Å². The van der Waals surface area contributed by atoms with Gasteiger partial charge in [0.1, 0.15) is 0 Å². The Bertz CT molecular complexity index is 496. The zero-order chi connectivity index (χ0) is 14.2. The Morgan fingerprint density at radius 2 is 2.16 bits per heavy atom. The van der Waals surface area contributed by atoms with Crippen molar-refractivity contribution in [3.8, 4) is 5.75 Å². The highest BCUT2D eigenvalue weighted by atomic mass is 19.1. The molecule has 5 heteroatoms. The van der Waals surface area contributed by atoms with Gasteiger partial charge in [-0.2, -0.15) is 0 Å². The SMILES string of the molecule is CC(C)(O)C1CCN(C(=O)c2ccc(F)c(O)c2)C1. The van der Waals surface area contributed by atoms with E-state index < -0.39 is 17.2 Å². The first-order chi connectivity index (χ1) is 8.79. The van der Waals surface area contributed by atoms with Crippen LogP contribution in [-0.4, -0.2) is 39.7 Å². The molecule has 1 aromatic rings. The van der Waals surface area contributed by atoms with Crippen LogP contribution in [0.4, 0.5) is 4.39 Å². The lowest BCUT2D eigenvalue weighted by Crippen LogP contribution is -2.35. The van der Waals surface area contributed by atoms with Crippen LogP contribution in [0.3, 0.4) is 0 Å². The largest absolute Gasteiger partial charge is 0.505 e. The van der Waals surface area contributed by atoms with Crippen LogP contribution < -0.4 is 0 Å². The second kappa shape index (κ2) is 4.81.